The van der Waals surface area contributed by atoms with E-state index in [-0.39, 0.29) is 0 Å². The van der Waals surface area contributed by atoms with Crippen molar-refractivity contribution in [1.82, 2.24) is 4.98 Å². The van der Waals surface area contributed by atoms with Crippen LogP contribution in [0.1, 0.15) is 11.3 Å². The second kappa shape index (κ2) is 3.12. The SMILES string of the molecule is Cc1cc(Br)nc(CN)c1. The lowest BCUT2D eigenvalue weighted by Crippen LogP contribution is -1.99. The molecule has 0 radical (unpaired) electrons. The van der Waals surface area contributed by atoms with Crippen LogP contribution in [0.4, 0.5) is 0 Å². The van der Waals surface area contributed by atoms with Crippen molar-refractivity contribution in [3.05, 3.63) is 28.0 Å². The highest BCUT2D eigenvalue weighted by atomic mass is 79.9. The fourth-order valence-corrected chi connectivity index (χ4v) is 1.39. The largest absolute Gasteiger partial charge is 0.325 e. The number of rotatable bonds is 1. The van der Waals surface area contributed by atoms with Crippen molar-refractivity contribution < 1.29 is 0 Å². The van der Waals surface area contributed by atoms with E-state index in [1.807, 2.05) is 19.1 Å². The van der Waals surface area contributed by atoms with E-state index in [0.717, 1.165) is 10.3 Å². The van der Waals surface area contributed by atoms with E-state index >= 15 is 0 Å². The van der Waals surface area contributed by atoms with Crippen LogP contribution < -0.4 is 5.73 Å². The summed E-state index contributed by atoms with van der Waals surface area (Å²) < 4.78 is 0.855. The third kappa shape index (κ3) is 1.78. The van der Waals surface area contributed by atoms with Crippen LogP contribution in [0.3, 0.4) is 0 Å². The van der Waals surface area contributed by atoms with E-state index in [0.29, 0.717) is 6.54 Å². The molecule has 0 spiro atoms. The Balaban J connectivity index is 3.06. The van der Waals surface area contributed by atoms with E-state index in [2.05, 4.69) is 20.9 Å². The van der Waals surface area contributed by atoms with Crippen LogP contribution in [0.5, 0.6) is 0 Å². The Bertz CT molecular complexity index is 215. The summed E-state index contributed by atoms with van der Waals surface area (Å²) in [7, 11) is 0. The standard InChI is InChI=1S/C7H9BrN2/c1-5-2-6(4-9)10-7(8)3-5/h2-3H,4,9H2,1H3. The van der Waals surface area contributed by atoms with Gasteiger partial charge in [-0.2, -0.15) is 0 Å². The van der Waals surface area contributed by atoms with Gasteiger partial charge < -0.3 is 5.73 Å². The Hall–Kier alpha value is -0.410. The lowest BCUT2D eigenvalue weighted by atomic mass is 10.2. The van der Waals surface area contributed by atoms with Gasteiger partial charge in [0.15, 0.2) is 0 Å². The summed E-state index contributed by atoms with van der Waals surface area (Å²) >= 11 is 3.29. The molecule has 1 heterocycles. The van der Waals surface area contributed by atoms with Gasteiger partial charge in [0.05, 0.1) is 5.69 Å². The van der Waals surface area contributed by atoms with E-state index in [4.69, 9.17) is 5.73 Å². The monoisotopic (exact) mass is 200 g/mol. The lowest BCUT2D eigenvalue weighted by molar-refractivity contribution is 0.973. The minimum atomic E-state index is 0.500. The highest BCUT2D eigenvalue weighted by molar-refractivity contribution is 9.10. The molecule has 0 bridgehead atoms. The molecule has 1 rings (SSSR count). The number of nitrogens with two attached hydrogens (primary N) is 1. The number of hydrogen-bond donors (Lipinski definition) is 1. The van der Waals surface area contributed by atoms with E-state index in [9.17, 15) is 0 Å². The van der Waals surface area contributed by atoms with Gasteiger partial charge in [-0.1, -0.05) is 0 Å². The van der Waals surface area contributed by atoms with Crippen molar-refractivity contribution in [2.75, 3.05) is 0 Å². The summed E-state index contributed by atoms with van der Waals surface area (Å²) in [6.07, 6.45) is 0. The molecule has 0 aliphatic heterocycles. The topological polar surface area (TPSA) is 38.9 Å². The first-order chi connectivity index (χ1) is 4.72. The first-order valence-corrected chi connectivity index (χ1v) is 3.85. The number of aromatic nitrogens is 1. The van der Waals surface area contributed by atoms with E-state index in [1.54, 1.807) is 0 Å². The minimum Gasteiger partial charge on any atom is -0.325 e. The smallest absolute Gasteiger partial charge is 0.106 e. The third-order valence-electron chi connectivity index (χ3n) is 1.20. The Kier molecular flexibility index (Phi) is 2.40. The zero-order valence-electron chi connectivity index (χ0n) is 5.76. The summed E-state index contributed by atoms with van der Waals surface area (Å²) in [5, 5.41) is 0. The van der Waals surface area contributed by atoms with Crippen molar-refractivity contribution in [2.45, 2.75) is 13.5 Å². The Morgan fingerprint density at radius 2 is 2.30 bits per heavy atom. The predicted octanol–water partition coefficient (Wildman–Crippen LogP) is 1.61. The fraction of sp³-hybridized carbons (Fsp3) is 0.286. The summed E-state index contributed by atoms with van der Waals surface area (Å²) in [6.45, 7) is 2.52. The molecule has 1 aromatic heterocycles. The Morgan fingerprint density at radius 3 is 2.80 bits per heavy atom. The van der Waals surface area contributed by atoms with Crippen LogP contribution in [0.2, 0.25) is 0 Å². The van der Waals surface area contributed by atoms with Gasteiger partial charge in [0.2, 0.25) is 0 Å². The second-order valence-electron chi connectivity index (χ2n) is 2.16. The normalized spacial score (nSPS) is 9.90. The molecule has 0 aliphatic carbocycles. The quantitative estimate of drug-likeness (QED) is 0.701. The molecule has 0 atom stereocenters. The van der Waals surface area contributed by atoms with Crippen molar-refractivity contribution in [3.8, 4) is 0 Å². The zero-order valence-corrected chi connectivity index (χ0v) is 7.35. The molecule has 10 heavy (non-hydrogen) atoms. The van der Waals surface area contributed by atoms with Gasteiger partial charge in [-0.25, -0.2) is 4.98 Å². The third-order valence-corrected chi connectivity index (χ3v) is 1.61. The van der Waals surface area contributed by atoms with Gasteiger partial charge in [0.25, 0.3) is 0 Å². The Morgan fingerprint density at radius 1 is 1.60 bits per heavy atom. The van der Waals surface area contributed by atoms with Crippen molar-refractivity contribution >= 4 is 15.9 Å². The maximum Gasteiger partial charge on any atom is 0.106 e. The van der Waals surface area contributed by atoms with Crippen molar-refractivity contribution in [1.29, 1.82) is 0 Å². The van der Waals surface area contributed by atoms with Crippen LogP contribution in [0.25, 0.3) is 0 Å². The molecular formula is C7H9BrN2. The molecule has 0 amide bonds. The summed E-state index contributed by atoms with van der Waals surface area (Å²) in [5.41, 5.74) is 7.51. The second-order valence-corrected chi connectivity index (χ2v) is 2.98. The number of pyridine rings is 1. The van der Waals surface area contributed by atoms with Gasteiger partial charge in [0, 0.05) is 6.54 Å². The first kappa shape index (κ1) is 7.69. The molecule has 3 heteroatoms. The van der Waals surface area contributed by atoms with Gasteiger partial charge in [-0.3, -0.25) is 0 Å². The molecule has 1 aromatic rings. The highest BCUT2D eigenvalue weighted by Crippen LogP contribution is 2.09. The average molecular weight is 201 g/mol. The van der Waals surface area contributed by atoms with Crippen LogP contribution in [-0.2, 0) is 6.54 Å². The molecule has 0 fully saturated rings. The first-order valence-electron chi connectivity index (χ1n) is 3.05. The number of halogens is 1. The minimum absolute atomic E-state index is 0.500. The van der Waals surface area contributed by atoms with Crippen LogP contribution in [-0.4, -0.2) is 4.98 Å². The highest BCUT2D eigenvalue weighted by Gasteiger charge is 1.94. The van der Waals surface area contributed by atoms with Gasteiger partial charge in [-0.05, 0) is 40.5 Å². The molecule has 0 unspecified atom stereocenters. The lowest BCUT2D eigenvalue weighted by Gasteiger charge is -1.98. The van der Waals surface area contributed by atoms with Crippen LogP contribution in [0.15, 0.2) is 16.7 Å². The summed E-state index contributed by atoms with van der Waals surface area (Å²) in [6, 6.07) is 3.93. The molecule has 0 saturated heterocycles. The Labute approximate surface area is 68.6 Å². The summed E-state index contributed by atoms with van der Waals surface area (Å²) in [5.74, 6) is 0. The fourth-order valence-electron chi connectivity index (χ4n) is 0.799. The maximum atomic E-state index is 5.40. The molecular weight excluding hydrogens is 192 g/mol. The molecule has 0 aromatic carbocycles. The van der Waals surface area contributed by atoms with Gasteiger partial charge in [0.1, 0.15) is 4.60 Å². The predicted molar refractivity (Wildman–Crippen MR) is 44.6 cm³/mol. The number of hydrogen-bond acceptors (Lipinski definition) is 2. The maximum absolute atomic E-state index is 5.40. The number of aryl methyl sites for hydroxylation is 1. The van der Waals surface area contributed by atoms with E-state index < -0.39 is 0 Å². The van der Waals surface area contributed by atoms with Crippen molar-refractivity contribution in [2.24, 2.45) is 5.73 Å². The molecule has 2 N–H and O–H groups in total. The van der Waals surface area contributed by atoms with Crippen molar-refractivity contribution in [3.63, 3.8) is 0 Å². The van der Waals surface area contributed by atoms with Crippen LogP contribution >= 0.6 is 15.9 Å². The average Bonchev–Trinajstić information content (AvgIpc) is 1.85. The molecule has 54 valence electrons. The van der Waals surface area contributed by atoms with Gasteiger partial charge in [-0.15, -0.1) is 0 Å². The van der Waals surface area contributed by atoms with Crippen LogP contribution in [0, 0.1) is 6.92 Å². The zero-order chi connectivity index (χ0) is 7.56. The van der Waals surface area contributed by atoms with Gasteiger partial charge >= 0.3 is 0 Å². The molecule has 2 nitrogen and oxygen atoms in total. The number of nitrogens with zero attached hydrogens (tertiary/aromatic N) is 1. The molecule has 0 saturated carbocycles. The summed E-state index contributed by atoms with van der Waals surface area (Å²) in [4.78, 5) is 4.14. The van der Waals surface area contributed by atoms with E-state index in [1.165, 1.54) is 5.56 Å². The molecule has 0 aliphatic rings.